The minimum absolute atomic E-state index is 0.0572. The van der Waals surface area contributed by atoms with E-state index >= 15 is 0 Å². The molecule has 4 heteroatoms. The van der Waals surface area contributed by atoms with Crippen molar-refractivity contribution in [1.82, 2.24) is 0 Å². The molecule has 0 spiro atoms. The third kappa shape index (κ3) is 3.56. The van der Waals surface area contributed by atoms with Crippen LogP contribution in [0, 0.1) is 17.2 Å². The summed E-state index contributed by atoms with van der Waals surface area (Å²) in [6, 6.07) is 11.7. The molecular weight excluding hydrogens is 416 g/mol. The Morgan fingerprint density at radius 2 is 1.74 bits per heavy atom. The van der Waals surface area contributed by atoms with Crippen LogP contribution in [0.3, 0.4) is 0 Å². The molecular formula is C30H30N4. The van der Waals surface area contributed by atoms with E-state index in [2.05, 4.69) is 88.7 Å². The number of fused-ring (bicyclic) bond motifs is 1. The first-order valence-electron chi connectivity index (χ1n) is 12.6. The van der Waals surface area contributed by atoms with Crippen LogP contribution in [-0.2, 0) is 0 Å². The number of nitrogens with zero attached hydrogens (tertiary/aromatic N) is 4. The Hall–Kier alpha value is -3.58. The molecule has 6 rings (SSSR count). The molecule has 0 fully saturated rings. The summed E-state index contributed by atoms with van der Waals surface area (Å²) in [6.07, 6.45) is 26.9. The average Bonchev–Trinajstić information content (AvgIpc) is 2.92. The molecule has 0 saturated heterocycles. The van der Waals surface area contributed by atoms with Crippen molar-refractivity contribution in [2.45, 2.75) is 57.0 Å². The van der Waals surface area contributed by atoms with Crippen LogP contribution in [0.2, 0.25) is 0 Å². The first kappa shape index (κ1) is 21.0. The van der Waals surface area contributed by atoms with Gasteiger partial charge < -0.3 is 9.80 Å². The Kier molecular flexibility index (Phi) is 5.55. The Balaban J connectivity index is 1.52. The number of benzene rings is 1. The summed E-state index contributed by atoms with van der Waals surface area (Å²) in [5.41, 5.74) is 7.80. The van der Waals surface area contributed by atoms with Crippen LogP contribution < -0.4 is 9.80 Å². The number of para-hydroxylation sites is 2. The van der Waals surface area contributed by atoms with Gasteiger partial charge >= 0.3 is 0 Å². The van der Waals surface area contributed by atoms with Gasteiger partial charge in [0, 0.05) is 17.6 Å². The summed E-state index contributed by atoms with van der Waals surface area (Å²) in [7, 11) is 0. The van der Waals surface area contributed by atoms with Crippen molar-refractivity contribution < 1.29 is 0 Å². The molecule has 0 aromatic heterocycles. The second kappa shape index (κ2) is 8.99. The van der Waals surface area contributed by atoms with Gasteiger partial charge in [0.05, 0.1) is 41.1 Å². The van der Waals surface area contributed by atoms with E-state index in [9.17, 15) is 5.26 Å². The van der Waals surface area contributed by atoms with Gasteiger partial charge in [-0.1, -0.05) is 48.6 Å². The topological polar surface area (TPSA) is 42.6 Å². The van der Waals surface area contributed by atoms with Gasteiger partial charge in [0.25, 0.3) is 0 Å². The molecule has 0 radical (unpaired) electrons. The van der Waals surface area contributed by atoms with Crippen LogP contribution in [0.25, 0.3) is 0 Å². The van der Waals surface area contributed by atoms with Crippen molar-refractivity contribution in [3.8, 4) is 6.07 Å². The highest BCUT2D eigenvalue weighted by Gasteiger charge is 2.36. The van der Waals surface area contributed by atoms with Crippen LogP contribution in [0.4, 0.5) is 11.4 Å². The van der Waals surface area contributed by atoms with Crippen LogP contribution in [0.5, 0.6) is 0 Å². The zero-order chi connectivity index (χ0) is 22.9. The fourth-order valence-electron chi connectivity index (χ4n) is 5.92. The van der Waals surface area contributed by atoms with Crippen molar-refractivity contribution in [2.24, 2.45) is 10.9 Å². The molecule has 34 heavy (non-hydrogen) atoms. The largest absolute Gasteiger partial charge is 0.334 e. The summed E-state index contributed by atoms with van der Waals surface area (Å²) in [5, 5.41) is 9.57. The van der Waals surface area contributed by atoms with Crippen molar-refractivity contribution in [1.29, 1.82) is 5.26 Å². The van der Waals surface area contributed by atoms with Gasteiger partial charge in [-0.2, -0.15) is 5.26 Å². The summed E-state index contributed by atoms with van der Waals surface area (Å²) < 4.78 is 0. The third-order valence-corrected chi connectivity index (χ3v) is 7.52. The fraction of sp³-hybridized carbons (Fsp3) is 0.333. The number of aliphatic imine (C=N–C) groups is 1. The summed E-state index contributed by atoms with van der Waals surface area (Å²) in [6.45, 7) is 0. The van der Waals surface area contributed by atoms with E-state index in [1.54, 1.807) is 0 Å². The van der Waals surface area contributed by atoms with Gasteiger partial charge in [0.15, 0.2) is 0 Å². The zero-order valence-corrected chi connectivity index (χ0v) is 19.5. The molecule has 0 bridgehead atoms. The monoisotopic (exact) mass is 446 g/mol. The maximum Gasteiger partial charge on any atom is 0.0741 e. The lowest BCUT2D eigenvalue weighted by atomic mass is 9.85. The first-order valence-corrected chi connectivity index (χ1v) is 12.6. The van der Waals surface area contributed by atoms with Gasteiger partial charge in [-0.3, -0.25) is 4.99 Å². The van der Waals surface area contributed by atoms with Gasteiger partial charge in [0.1, 0.15) is 0 Å². The number of nitriles is 1. The highest BCUT2D eigenvalue weighted by molar-refractivity contribution is 5.84. The van der Waals surface area contributed by atoms with Crippen LogP contribution in [0.1, 0.15) is 44.9 Å². The maximum absolute atomic E-state index is 9.57. The lowest BCUT2D eigenvalue weighted by molar-refractivity contribution is 0.529. The predicted molar refractivity (Wildman–Crippen MR) is 140 cm³/mol. The summed E-state index contributed by atoms with van der Waals surface area (Å²) in [4.78, 5) is 9.94. The molecule has 2 aliphatic heterocycles. The minimum atomic E-state index is 0.0572. The molecule has 170 valence electrons. The van der Waals surface area contributed by atoms with Gasteiger partial charge in [-0.25, -0.2) is 0 Å². The van der Waals surface area contributed by atoms with Crippen molar-refractivity contribution in [2.75, 3.05) is 9.80 Å². The molecule has 3 unspecified atom stereocenters. The lowest BCUT2D eigenvalue weighted by Gasteiger charge is -2.46. The molecule has 0 amide bonds. The summed E-state index contributed by atoms with van der Waals surface area (Å²) in [5.74, 6) is 0.0572. The van der Waals surface area contributed by atoms with E-state index < -0.39 is 0 Å². The van der Waals surface area contributed by atoms with Gasteiger partial charge in [-0.05, 0) is 74.8 Å². The van der Waals surface area contributed by atoms with E-state index in [0.717, 1.165) is 44.9 Å². The van der Waals surface area contributed by atoms with Gasteiger partial charge in [0.2, 0.25) is 0 Å². The number of rotatable bonds is 3. The van der Waals surface area contributed by atoms with Crippen molar-refractivity contribution >= 4 is 17.6 Å². The Bertz CT molecular complexity index is 1230. The molecule has 2 heterocycles. The maximum atomic E-state index is 9.57. The molecule has 4 nitrogen and oxygen atoms in total. The van der Waals surface area contributed by atoms with Gasteiger partial charge in [-0.15, -0.1) is 0 Å². The fourth-order valence-corrected chi connectivity index (χ4v) is 5.92. The van der Waals surface area contributed by atoms with Crippen LogP contribution >= 0.6 is 0 Å². The number of anilines is 2. The zero-order valence-electron chi connectivity index (χ0n) is 19.5. The lowest BCUT2D eigenvalue weighted by Crippen LogP contribution is -2.42. The standard InChI is InChI=1S/C30H30N4/c31-21-22-18-19-32-25(20-22)24-12-4-5-13-26(24)34-29-16-8-6-14-27(29)33(23-10-2-1-3-11-23)28-15-7-9-17-30(28)34/h1-3,5-6,8-10,13-14,16-17,19,22-23,25H,4,7,11-12,15,18,20H2. The smallest absolute Gasteiger partial charge is 0.0741 e. The second-order valence-electron chi connectivity index (χ2n) is 9.58. The Morgan fingerprint density at radius 1 is 0.912 bits per heavy atom. The molecule has 1 aromatic carbocycles. The third-order valence-electron chi connectivity index (χ3n) is 7.52. The predicted octanol–water partition coefficient (Wildman–Crippen LogP) is 6.74. The molecule has 0 N–H and O–H groups in total. The van der Waals surface area contributed by atoms with E-state index in [4.69, 9.17) is 4.99 Å². The highest BCUT2D eigenvalue weighted by Crippen LogP contribution is 2.48. The summed E-state index contributed by atoms with van der Waals surface area (Å²) >= 11 is 0. The van der Waals surface area contributed by atoms with E-state index in [1.807, 2.05) is 6.21 Å². The number of hydrogen-bond acceptors (Lipinski definition) is 4. The molecule has 1 aromatic rings. The SMILES string of the molecule is N#CC1CC=NC(C2=C(N3C4=C(CCC=C4)N(C4C=CC=CC4)c4ccccc43)C=CCC2)C1. The highest BCUT2D eigenvalue weighted by atomic mass is 15.3. The number of hydrogen-bond donors (Lipinski definition) is 0. The quantitative estimate of drug-likeness (QED) is 0.516. The van der Waals surface area contributed by atoms with Crippen LogP contribution in [-0.4, -0.2) is 18.3 Å². The van der Waals surface area contributed by atoms with E-state index in [1.165, 1.54) is 34.0 Å². The molecule has 5 aliphatic rings. The normalized spacial score (nSPS) is 27.7. The second-order valence-corrected chi connectivity index (χ2v) is 9.58. The molecule has 3 aliphatic carbocycles. The van der Waals surface area contributed by atoms with Crippen molar-refractivity contribution in [3.05, 3.63) is 95.5 Å². The van der Waals surface area contributed by atoms with E-state index in [0.29, 0.717) is 6.04 Å². The minimum Gasteiger partial charge on any atom is -0.334 e. The first-order chi connectivity index (χ1) is 16.8. The number of allylic oxidation sites excluding steroid dienone is 7. The Morgan fingerprint density at radius 3 is 2.56 bits per heavy atom. The van der Waals surface area contributed by atoms with E-state index in [-0.39, 0.29) is 12.0 Å². The van der Waals surface area contributed by atoms with Crippen LogP contribution in [0.15, 0.2) is 101 Å². The molecule has 0 saturated carbocycles. The average molecular weight is 447 g/mol. The van der Waals surface area contributed by atoms with Crippen molar-refractivity contribution in [3.63, 3.8) is 0 Å². The Labute approximate surface area is 202 Å². The molecule has 3 atom stereocenters.